The summed E-state index contributed by atoms with van der Waals surface area (Å²) in [4.78, 5) is 4.31. The van der Waals surface area contributed by atoms with E-state index in [1.807, 2.05) is 17.8 Å². The van der Waals surface area contributed by atoms with Crippen molar-refractivity contribution < 1.29 is 5.11 Å². The van der Waals surface area contributed by atoms with Crippen LogP contribution in [0.2, 0.25) is 0 Å². The fourth-order valence-corrected chi connectivity index (χ4v) is 1.50. The zero-order valence-corrected chi connectivity index (χ0v) is 9.99. The molecular weight excluding hydrogens is 190 g/mol. The molecule has 0 aliphatic heterocycles. The molecule has 0 saturated carbocycles. The first-order valence-electron chi connectivity index (χ1n) is 5.37. The van der Waals surface area contributed by atoms with Gasteiger partial charge in [-0.1, -0.05) is 6.92 Å². The number of aliphatic hydroxyl groups is 1. The van der Waals surface area contributed by atoms with Crippen LogP contribution in [0.3, 0.4) is 0 Å². The maximum Gasteiger partial charge on any atom is 0.125 e. The second-order valence-electron chi connectivity index (χ2n) is 4.55. The van der Waals surface area contributed by atoms with Gasteiger partial charge in [0.25, 0.3) is 0 Å². The summed E-state index contributed by atoms with van der Waals surface area (Å²) in [5.74, 6) is 1.02. The summed E-state index contributed by atoms with van der Waals surface area (Å²) in [5.41, 5.74) is -0.682. The van der Waals surface area contributed by atoms with Crippen molar-refractivity contribution >= 4 is 0 Å². The fraction of sp³-hybridized carbons (Fsp3) is 0.727. The first-order valence-corrected chi connectivity index (χ1v) is 5.37. The maximum atomic E-state index is 9.64. The molecule has 86 valence electrons. The van der Waals surface area contributed by atoms with Crippen molar-refractivity contribution in [3.05, 3.63) is 18.2 Å². The molecule has 0 saturated heterocycles. The number of aromatic nitrogens is 2. The monoisotopic (exact) mass is 211 g/mol. The minimum absolute atomic E-state index is 0.205. The third-order valence-corrected chi connectivity index (χ3v) is 2.36. The zero-order valence-electron chi connectivity index (χ0n) is 9.99. The van der Waals surface area contributed by atoms with Crippen LogP contribution in [-0.4, -0.2) is 26.8 Å². The number of imidazole rings is 1. The normalized spacial score (nSPS) is 14.2. The van der Waals surface area contributed by atoms with Gasteiger partial charge < -0.3 is 15.0 Å². The van der Waals surface area contributed by atoms with Gasteiger partial charge in [-0.15, -0.1) is 0 Å². The molecule has 0 fully saturated rings. The largest absolute Gasteiger partial charge is 0.389 e. The number of aryl methyl sites for hydroxylation is 1. The molecule has 1 aromatic rings. The lowest BCUT2D eigenvalue weighted by molar-refractivity contribution is 0.0757. The molecule has 15 heavy (non-hydrogen) atoms. The van der Waals surface area contributed by atoms with Crippen LogP contribution in [-0.2, 0) is 7.05 Å². The molecule has 1 heterocycles. The predicted molar refractivity (Wildman–Crippen MR) is 60.5 cm³/mol. The van der Waals surface area contributed by atoms with Crippen LogP contribution < -0.4 is 5.32 Å². The highest BCUT2D eigenvalue weighted by Crippen LogP contribution is 2.14. The Balaban J connectivity index is 2.61. The van der Waals surface area contributed by atoms with Gasteiger partial charge in [-0.25, -0.2) is 4.98 Å². The number of hydrogen-bond donors (Lipinski definition) is 2. The van der Waals surface area contributed by atoms with Gasteiger partial charge in [-0.3, -0.25) is 0 Å². The van der Waals surface area contributed by atoms with Crippen molar-refractivity contribution in [2.45, 2.75) is 38.8 Å². The van der Waals surface area contributed by atoms with E-state index in [-0.39, 0.29) is 6.04 Å². The molecule has 1 rings (SSSR count). The summed E-state index contributed by atoms with van der Waals surface area (Å²) in [7, 11) is 1.98. The van der Waals surface area contributed by atoms with Crippen LogP contribution in [0.1, 0.15) is 39.1 Å². The second-order valence-corrected chi connectivity index (χ2v) is 4.55. The minimum Gasteiger partial charge on any atom is -0.389 e. The molecule has 0 aromatic carbocycles. The molecule has 0 bridgehead atoms. The Bertz CT molecular complexity index is 301. The van der Waals surface area contributed by atoms with Gasteiger partial charge in [-0.2, -0.15) is 0 Å². The van der Waals surface area contributed by atoms with E-state index in [2.05, 4.69) is 17.2 Å². The minimum atomic E-state index is -0.682. The molecule has 0 radical (unpaired) electrons. The third kappa shape index (κ3) is 3.64. The van der Waals surface area contributed by atoms with E-state index in [1.54, 1.807) is 20.0 Å². The summed E-state index contributed by atoms with van der Waals surface area (Å²) < 4.78 is 2.01. The number of hydrogen-bond acceptors (Lipinski definition) is 3. The topological polar surface area (TPSA) is 50.1 Å². The van der Waals surface area contributed by atoms with E-state index in [0.29, 0.717) is 6.54 Å². The van der Waals surface area contributed by atoms with E-state index >= 15 is 0 Å². The Morgan fingerprint density at radius 3 is 2.67 bits per heavy atom. The van der Waals surface area contributed by atoms with E-state index in [1.165, 1.54) is 0 Å². The van der Waals surface area contributed by atoms with E-state index in [9.17, 15) is 5.11 Å². The zero-order chi connectivity index (χ0) is 11.5. The highest BCUT2D eigenvalue weighted by molar-refractivity contribution is 4.98. The Kier molecular flexibility index (Phi) is 3.88. The van der Waals surface area contributed by atoms with Crippen LogP contribution in [0.15, 0.2) is 12.4 Å². The summed E-state index contributed by atoms with van der Waals surface area (Å²) in [6.45, 7) is 6.27. The van der Waals surface area contributed by atoms with Gasteiger partial charge >= 0.3 is 0 Å². The molecule has 1 unspecified atom stereocenters. The molecule has 2 N–H and O–H groups in total. The molecule has 1 aromatic heterocycles. The number of nitrogens with zero attached hydrogens (tertiary/aromatic N) is 2. The second kappa shape index (κ2) is 4.77. The van der Waals surface area contributed by atoms with E-state index < -0.39 is 5.60 Å². The predicted octanol–water partition coefficient (Wildman–Crippen LogP) is 1.23. The van der Waals surface area contributed by atoms with Crippen molar-refractivity contribution in [2.75, 3.05) is 6.54 Å². The molecule has 0 aliphatic carbocycles. The third-order valence-electron chi connectivity index (χ3n) is 2.36. The summed E-state index contributed by atoms with van der Waals surface area (Å²) >= 11 is 0. The maximum absolute atomic E-state index is 9.64. The van der Waals surface area contributed by atoms with Gasteiger partial charge in [0.05, 0.1) is 11.6 Å². The lowest BCUT2D eigenvalue weighted by Crippen LogP contribution is -2.37. The van der Waals surface area contributed by atoms with E-state index in [0.717, 1.165) is 12.2 Å². The Morgan fingerprint density at radius 2 is 2.27 bits per heavy atom. The average Bonchev–Trinajstić information content (AvgIpc) is 2.52. The lowest BCUT2D eigenvalue weighted by atomic mass is 10.1. The van der Waals surface area contributed by atoms with E-state index in [4.69, 9.17) is 0 Å². The van der Waals surface area contributed by atoms with Gasteiger partial charge in [0, 0.05) is 26.0 Å². The Hall–Kier alpha value is -0.870. The summed E-state index contributed by atoms with van der Waals surface area (Å²) in [5, 5.41) is 13.0. The highest BCUT2D eigenvalue weighted by atomic mass is 16.3. The number of nitrogens with one attached hydrogen (secondary N) is 1. The first-order chi connectivity index (χ1) is 6.94. The Morgan fingerprint density at radius 1 is 1.60 bits per heavy atom. The lowest BCUT2D eigenvalue weighted by Gasteiger charge is -2.23. The average molecular weight is 211 g/mol. The van der Waals surface area contributed by atoms with Crippen molar-refractivity contribution in [3.8, 4) is 0 Å². The standard InChI is InChI=1S/C11H21N3O/c1-5-9(13-8-11(2,3)15)10-12-6-7-14(10)4/h6-7,9,13,15H,5,8H2,1-4H3. The smallest absolute Gasteiger partial charge is 0.125 e. The quantitative estimate of drug-likeness (QED) is 0.770. The summed E-state index contributed by atoms with van der Waals surface area (Å²) in [6, 6.07) is 0.205. The molecule has 0 aliphatic rings. The molecule has 0 amide bonds. The van der Waals surface area contributed by atoms with Crippen LogP contribution in [0.5, 0.6) is 0 Å². The SMILES string of the molecule is CCC(NCC(C)(C)O)c1nccn1C. The van der Waals surface area contributed by atoms with Gasteiger partial charge in [0.1, 0.15) is 5.82 Å². The number of rotatable bonds is 5. The van der Waals surface area contributed by atoms with Crippen LogP contribution >= 0.6 is 0 Å². The molecule has 0 spiro atoms. The van der Waals surface area contributed by atoms with Gasteiger partial charge in [0.15, 0.2) is 0 Å². The van der Waals surface area contributed by atoms with Gasteiger partial charge in [0.2, 0.25) is 0 Å². The fourth-order valence-electron chi connectivity index (χ4n) is 1.50. The highest BCUT2D eigenvalue weighted by Gasteiger charge is 2.18. The molecular formula is C11H21N3O. The van der Waals surface area contributed by atoms with Crippen LogP contribution in [0.25, 0.3) is 0 Å². The van der Waals surface area contributed by atoms with Crippen molar-refractivity contribution in [1.29, 1.82) is 0 Å². The summed E-state index contributed by atoms with van der Waals surface area (Å²) in [6.07, 6.45) is 4.69. The van der Waals surface area contributed by atoms with Crippen molar-refractivity contribution in [2.24, 2.45) is 7.05 Å². The van der Waals surface area contributed by atoms with Crippen molar-refractivity contribution in [1.82, 2.24) is 14.9 Å². The molecule has 4 nitrogen and oxygen atoms in total. The first kappa shape index (κ1) is 12.2. The van der Waals surface area contributed by atoms with Crippen LogP contribution in [0.4, 0.5) is 0 Å². The van der Waals surface area contributed by atoms with Gasteiger partial charge in [-0.05, 0) is 20.3 Å². The molecule has 4 heteroatoms. The molecule has 1 atom stereocenters. The van der Waals surface area contributed by atoms with Crippen LogP contribution in [0, 0.1) is 0 Å². The Labute approximate surface area is 91.3 Å². The van der Waals surface area contributed by atoms with Crippen molar-refractivity contribution in [3.63, 3.8) is 0 Å².